The van der Waals surface area contributed by atoms with Crippen molar-refractivity contribution in [3.8, 4) is 11.8 Å². The normalized spacial score (nSPS) is 18.9. The number of halogens is 1. The van der Waals surface area contributed by atoms with Crippen LogP contribution in [-0.2, 0) is 0 Å². The average Bonchev–Trinajstić information content (AvgIpc) is 2.69. The predicted octanol–water partition coefficient (Wildman–Crippen LogP) is 6.43. The number of nitrogens with zero attached hydrogens (tertiary/aromatic N) is 2. The molecular formula is C23H23FN2S. The van der Waals surface area contributed by atoms with Crippen LogP contribution in [0.1, 0.15) is 68.1 Å². The van der Waals surface area contributed by atoms with Gasteiger partial charge < -0.3 is 0 Å². The zero-order chi connectivity index (χ0) is 19.1. The van der Waals surface area contributed by atoms with E-state index in [2.05, 4.69) is 58.3 Å². The molecule has 0 aliphatic heterocycles. The molecular weight excluding hydrogens is 355 g/mol. The lowest BCUT2D eigenvalue weighted by atomic mass is 9.77. The quantitative estimate of drug-likeness (QED) is 0.348. The molecule has 1 aromatic heterocycles. The minimum atomic E-state index is -0.457. The van der Waals surface area contributed by atoms with Gasteiger partial charge in [-0.2, -0.15) is 4.99 Å². The number of isothiocyanates is 1. The van der Waals surface area contributed by atoms with Crippen LogP contribution in [0.15, 0.2) is 41.5 Å². The van der Waals surface area contributed by atoms with Crippen molar-refractivity contribution in [1.29, 1.82) is 0 Å². The second-order valence-corrected chi connectivity index (χ2v) is 7.29. The van der Waals surface area contributed by atoms with Gasteiger partial charge in [-0.15, -0.1) is 0 Å². The lowest BCUT2D eigenvalue weighted by Gasteiger charge is -2.28. The van der Waals surface area contributed by atoms with Gasteiger partial charge in [-0.05, 0) is 67.4 Å². The molecule has 4 heteroatoms. The minimum Gasteiger partial charge on any atom is -0.235 e. The number of pyridine rings is 1. The van der Waals surface area contributed by atoms with Crippen molar-refractivity contribution in [3.05, 3.63) is 59.0 Å². The second-order valence-electron chi connectivity index (χ2n) is 7.10. The molecule has 0 unspecified atom stereocenters. The fourth-order valence-electron chi connectivity index (χ4n) is 3.79. The first kappa shape index (κ1) is 19.4. The summed E-state index contributed by atoms with van der Waals surface area (Å²) in [6.45, 7) is 2.27. The van der Waals surface area contributed by atoms with E-state index in [1.165, 1.54) is 56.4 Å². The van der Waals surface area contributed by atoms with Crippen LogP contribution in [0.2, 0.25) is 0 Å². The summed E-state index contributed by atoms with van der Waals surface area (Å²) in [5.41, 5.74) is 2.51. The summed E-state index contributed by atoms with van der Waals surface area (Å²) in [6.07, 6.45) is 9.28. The van der Waals surface area contributed by atoms with E-state index in [1.54, 1.807) is 0 Å². The van der Waals surface area contributed by atoms with Gasteiger partial charge in [0.15, 0.2) is 5.82 Å². The number of hydrogen-bond donors (Lipinski definition) is 0. The maximum Gasteiger partial charge on any atom is 0.165 e. The summed E-state index contributed by atoms with van der Waals surface area (Å²) in [4.78, 5) is 7.66. The van der Waals surface area contributed by atoms with Gasteiger partial charge in [0.25, 0.3) is 0 Å². The van der Waals surface area contributed by atoms with Gasteiger partial charge >= 0.3 is 0 Å². The Bertz CT molecular complexity index is 881. The zero-order valence-electron chi connectivity index (χ0n) is 15.5. The highest BCUT2D eigenvalue weighted by Crippen LogP contribution is 2.37. The Kier molecular flexibility index (Phi) is 6.87. The monoisotopic (exact) mass is 378 g/mol. The fraction of sp³-hybridized carbons (Fsp3) is 0.391. The van der Waals surface area contributed by atoms with E-state index >= 15 is 0 Å². The molecule has 1 fully saturated rings. The Hall–Kier alpha value is -2.34. The SMILES string of the molecule is CCCC1CCC(c2ccc(C#Cc3cnc(N=C=S)cc3F)cc2)CC1. The van der Waals surface area contributed by atoms with Gasteiger partial charge in [-0.1, -0.05) is 43.7 Å². The Morgan fingerprint density at radius 2 is 1.89 bits per heavy atom. The Morgan fingerprint density at radius 1 is 1.15 bits per heavy atom. The standard InChI is InChI=1S/C23H23FN2S/c1-2-3-17-4-9-19(10-5-17)20-11-6-18(7-12-20)8-13-21-15-25-23(26-16-27)14-22(21)24/h6-7,11-12,14-15,17,19H,2-5,9-10H2,1H3. The molecule has 138 valence electrons. The van der Waals surface area contributed by atoms with E-state index in [0.717, 1.165) is 11.5 Å². The summed E-state index contributed by atoms with van der Waals surface area (Å²) < 4.78 is 14.0. The van der Waals surface area contributed by atoms with Crippen molar-refractivity contribution in [2.45, 2.75) is 51.4 Å². The minimum absolute atomic E-state index is 0.200. The molecule has 1 aliphatic carbocycles. The second kappa shape index (κ2) is 9.55. The lowest BCUT2D eigenvalue weighted by molar-refractivity contribution is 0.308. The molecule has 2 aromatic rings. The van der Waals surface area contributed by atoms with Gasteiger partial charge in [-0.3, -0.25) is 0 Å². The van der Waals surface area contributed by atoms with Gasteiger partial charge in [0.05, 0.1) is 10.7 Å². The molecule has 3 rings (SSSR count). The maximum atomic E-state index is 14.0. The molecule has 0 spiro atoms. The number of rotatable bonds is 4. The van der Waals surface area contributed by atoms with E-state index in [1.807, 2.05) is 12.1 Å². The van der Waals surface area contributed by atoms with Crippen molar-refractivity contribution < 1.29 is 4.39 Å². The molecule has 0 atom stereocenters. The van der Waals surface area contributed by atoms with E-state index in [9.17, 15) is 4.39 Å². The van der Waals surface area contributed by atoms with Crippen molar-refractivity contribution in [2.24, 2.45) is 10.9 Å². The zero-order valence-corrected chi connectivity index (χ0v) is 16.4. The van der Waals surface area contributed by atoms with Crippen LogP contribution < -0.4 is 0 Å². The summed E-state index contributed by atoms with van der Waals surface area (Å²) in [5, 5.41) is 2.17. The largest absolute Gasteiger partial charge is 0.235 e. The van der Waals surface area contributed by atoms with Crippen molar-refractivity contribution in [3.63, 3.8) is 0 Å². The molecule has 27 heavy (non-hydrogen) atoms. The summed E-state index contributed by atoms with van der Waals surface area (Å²) in [5.74, 6) is 7.18. The number of benzene rings is 1. The van der Waals surface area contributed by atoms with Crippen LogP contribution in [0.5, 0.6) is 0 Å². The van der Waals surface area contributed by atoms with Crippen LogP contribution in [0.25, 0.3) is 0 Å². The smallest absolute Gasteiger partial charge is 0.165 e. The summed E-state index contributed by atoms with van der Waals surface area (Å²) in [7, 11) is 0. The maximum absolute atomic E-state index is 14.0. The molecule has 1 heterocycles. The molecule has 2 nitrogen and oxygen atoms in total. The van der Waals surface area contributed by atoms with Crippen LogP contribution >= 0.6 is 12.2 Å². The van der Waals surface area contributed by atoms with Crippen LogP contribution in [0.4, 0.5) is 10.2 Å². The highest BCUT2D eigenvalue weighted by atomic mass is 32.1. The molecule has 0 saturated heterocycles. The average molecular weight is 379 g/mol. The van der Waals surface area contributed by atoms with Crippen LogP contribution in [0.3, 0.4) is 0 Å². The highest BCUT2D eigenvalue weighted by molar-refractivity contribution is 7.78. The number of aromatic nitrogens is 1. The fourth-order valence-corrected chi connectivity index (χ4v) is 3.88. The third-order valence-corrected chi connectivity index (χ3v) is 5.36. The summed E-state index contributed by atoms with van der Waals surface area (Å²) in [6, 6.07) is 9.59. The van der Waals surface area contributed by atoms with Gasteiger partial charge in [-0.25, -0.2) is 9.37 Å². The molecule has 1 aliphatic rings. The van der Waals surface area contributed by atoms with E-state index in [0.29, 0.717) is 5.92 Å². The van der Waals surface area contributed by atoms with E-state index in [4.69, 9.17) is 0 Å². The first-order valence-electron chi connectivity index (χ1n) is 9.55. The highest BCUT2D eigenvalue weighted by Gasteiger charge is 2.21. The van der Waals surface area contributed by atoms with Gasteiger partial charge in [0.2, 0.25) is 0 Å². The number of thiocarbonyl (C=S) groups is 1. The topological polar surface area (TPSA) is 25.2 Å². The predicted molar refractivity (Wildman–Crippen MR) is 111 cm³/mol. The first-order chi connectivity index (χ1) is 13.2. The van der Waals surface area contributed by atoms with E-state index in [-0.39, 0.29) is 11.4 Å². The molecule has 0 bridgehead atoms. The molecule has 1 aromatic carbocycles. The third-order valence-electron chi connectivity index (χ3n) is 5.27. The summed E-state index contributed by atoms with van der Waals surface area (Å²) >= 11 is 4.49. The van der Waals surface area contributed by atoms with Crippen molar-refractivity contribution >= 4 is 23.2 Å². The number of aliphatic imine (C=N–C) groups is 1. The van der Waals surface area contributed by atoms with Crippen molar-refractivity contribution in [2.75, 3.05) is 0 Å². The number of hydrogen-bond acceptors (Lipinski definition) is 3. The lowest BCUT2D eigenvalue weighted by Crippen LogP contribution is -2.13. The van der Waals surface area contributed by atoms with E-state index < -0.39 is 5.82 Å². The molecule has 1 saturated carbocycles. The van der Waals surface area contributed by atoms with Crippen LogP contribution in [0, 0.1) is 23.6 Å². The molecule has 0 amide bonds. The first-order valence-corrected chi connectivity index (χ1v) is 9.95. The molecule has 0 N–H and O–H groups in total. The van der Waals surface area contributed by atoms with Crippen LogP contribution in [-0.4, -0.2) is 10.1 Å². The molecule has 0 radical (unpaired) electrons. The van der Waals surface area contributed by atoms with Gasteiger partial charge in [0.1, 0.15) is 5.82 Å². The third kappa shape index (κ3) is 5.32. The van der Waals surface area contributed by atoms with Gasteiger partial charge in [0, 0.05) is 17.8 Å². The Morgan fingerprint density at radius 3 is 2.52 bits per heavy atom. The van der Waals surface area contributed by atoms with Crippen molar-refractivity contribution in [1.82, 2.24) is 4.98 Å². The Labute approximate surface area is 166 Å². The Balaban J connectivity index is 1.65.